The van der Waals surface area contributed by atoms with Gasteiger partial charge in [0.05, 0.1) is 17.6 Å². The molecule has 0 N–H and O–H groups in total. The molecule has 1 unspecified atom stereocenters. The van der Waals surface area contributed by atoms with E-state index >= 15 is 0 Å². The van der Waals surface area contributed by atoms with Gasteiger partial charge >= 0.3 is 0 Å². The maximum absolute atomic E-state index is 6.35. The first-order valence-electron chi connectivity index (χ1n) is 11.6. The van der Waals surface area contributed by atoms with Crippen LogP contribution in [-0.2, 0) is 10.3 Å². The first-order valence-corrected chi connectivity index (χ1v) is 11.6. The fourth-order valence-corrected chi connectivity index (χ4v) is 3.54. The van der Waals surface area contributed by atoms with Crippen LogP contribution in [0.1, 0.15) is 63.6 Å². The molecule has 4 nitrogen and oxygen atoms in total. The Balaban J connectivity index is 2.29. The zero-order valence-electron chi connectivity index (χ0n) is 21.0. The summed E-state index contributed by atoms with van der Waals surface area (Å²) in [6, 6.07) is 12.4. The zero-order chi connectivity index (χ0) is 23.7. The van der Waals surface area contributed by atoms with Crippen molar-refractivity contribution in [2.45, 2.75) is 66.4 Å². The number of hydrogen-bond donors (Lipinski definition) is 0. The maximum Gasteiger partial charge on any atom is 0.130 e. The van der Waals surface area contributed by atoms with Crippen LogP contribution in [0.2, 0.25) is 0 Å². The van der Waals surface area contributed by atoms with Gasteiger partial charge in [-0.05, 0) is 82.0 Å². The average Bonchev–Trinajstić information content (AvgIpc) is 2.74. The van der Waals surface area contributed by atoms with E-state index in [-0.39, 0.29) is 0 Å². The quantitative estimate of drug-likeness (QED) is 0.148. The molecule has 0 aliphatic rings. The van der Waals surface area contributed by atoms with Crippen LogP contribution in [0.4, 0.5) is 5.69 Å². The van der Waals surface area contributed by atoms with Crippen LogP contribution >= 0.6 is 0 Å². The normalized spacial score (nSPS) is 13.2. The monoisotopic (exact) mass is 436 g/mol. The second-order valence-corrected chi connectivity index (χ2v) is 8.92. The van der Waals surface area contributed by atoms with E-state index in [2.05, 4.69) is 82.3 Å². The Bertz CT molecular complexity index is 935. The fourth-order valence-electron chi connectivity index (χ4n) is 3.54. The lowest BCUT2D eigenvalue weighted by Crippen LogP contribution is -2.27. The number of nitrogens with zero attached hydrogens (tertiary/aromatic N) is 2. The van der Waals surface area contributed by atoms with Crippen LogP contribution in [0.5, 0.6) is 11.5 Å². The number of hydrogen-bond acceptors (Lipinski definition) is 3. The van der Waals surface area contributed by atoms with Crippen LogP contribution < -0.4 is 4.74 Å². The van der Waals surface area contributed by atoms with Gasteiger partial charge in [-0.15, -0.1) is 6.58 Å². The summed E-state index contributed by atoms with van der Waals surface area (Å²) in [4.78, 5) is 6.67. The molecule has 32 heavy (non-hydrogen) atoms. The van der Waals surface area contributed by atoms with E-state index in [1.165, 1.54) is 0 Å². The van der Waals surface area contributed by atoms with Crippen molar-refractivity contribution in [1.29, 1.82) is 0 Å². The molecule has 1 atom stereocenters. The molecule has 0 saturated carbocycles. The molecule has 0 radical (unpaired) electrons. The molecule has 174 valence electrons. The van der Waals surface area contributed by atoms with Crippen LogP contribution in [0.3, 0.4) is 0 Å². The third kappa shape index (κ3) is 7.23. The summed E-state index contributed by atoms with van der Waals surface area (Å²) >= 11 is 0. The molecule has 0 fully saturated rings. The smallest absolute Gasteiger partial charge is 0.130 e. The highest BCUT2D eigenvalue weighted by atomic mass is 16.5. The van der Waals surface area contributed by atoms with Gasteiger partial charge in [0.2, 0.25) is 0 Å². The van der Waals surface area contributed by atoms with Crippen LogP contribution in [0, 0.1) is 13.8 Å². The molecule has 2 aromatic rings. The van der Waals surface area contributed by atoms with E-state index in [1.54, 1.807) is 0 Å². The first kappa shape index (κ1) is 25.7. The Kier molecular flexibility index (Phi) is 9.52. The Morgan fingerprint density at radius 3 is 2.56 bits per heavy atom. The SMILES string of the molecule is C=C(C)CC(C)(OCCCC)c1cccc(Oc2cc(C)c(/N=C\N(C)CC)cc2C)c1. The number of ether oxygens (including phenoxy) is 2. The second-order valence-electron chi connectivity index (χ2n) is 8.92. The van der Waals surface area contributed by atoms with Gasteiger partial charge in [0.1, 0.15) is 11.5 Å². The fraction of sp³-hybridized carbons (Fsp3) is 0.464. The molecule has 4 heteroatoms. The summed E-state index contributed by atoms with van der Waals surface area (Å²) in [5, 5.41) is 0. The predicted octanol–water partition coefficient (Wildman–Crippen LogP) is 7.71. The summed E-state index contributed by atoms with van der Waals surface area (Å²) < 4.78 is 12.7. The van der Waals surface area contributed by atoms with Gasteiger partial charge in [0, 0.05) is 26.6 Å². The van der Waals surface area contributed by atoms with Crippen LogP contribution in [0.25, 0.3) is 0 Å². The van der Waals surface area contributed by atoms with Gasteiger partial charge in [-0.2, -0.15) is 0 Å². The molecule has 2 rings (SSSR count). The number of aliphatic imine (C=N–C) groups is 1. The maximum atomic E-state index is 6.35. The van der Waals surface area contributed by atoms with Gasteiger partial charge in [-0.3, -0.25) is 0 Å². The largest absolute Gasteiger partial charge is 0.457 e. The minimum Gasteiger partial charge on any atom is -0.457 e. The van der Waals surface area contributed by atoms with Crippen molar-refractivity contribution in [3.8, 4) is 11.5 Å². The van der Waals surface area contributed by atoms with E-state index < -0.39 is 5.60 Å². The lowest BCUT2D eigenvalue weighted by molar-refractivity contribution is -0.0373. The number of aryl methyl sites for hydroxylation is 2. The van der Waals surface area contributed by atoms with Crippen molar-refractivity contribution in [3.05, 3.63) is 65.2 Å². The molecule has 0 aromatic heterocycles. The highest BCUT2D eigenvalue weighted by molar-refractivity contribution is 5.64. The summed E-state index contributed by atoms with van der Waals surface area (Å²) in [5.74, 6) is 1.65. The van der Waals surface area contributed by atoms with Gasteiger partial charge in [0.25, 0.3) is 0 Å². The molecule has 0 spiro atoms. The minimum atomic E-state index is -0.421. The Labute approximate surface area is 195 Å². The van der Waals surface area contributed by atoms with Gasteiger partial charge in [0.15, 0.2) is 0 Å². The Hall–Kier alpha value is -2.59. The average molecular weight is 437 g/mol. The number of benzene rings is 2. The van der Waals surface area contributed by atoms with Gasteiger partial charge in [-0.1, -0.05) is 31.1 Å². The third-order valence-corrected chi connectivity index (χ3v) is 5.62. The third-order valence-electron chi connectivity index (χ3n) is 5.62. The highest BCUT2D eigenvalue weighted by Gasteiger charge is 2.28. The van der Waals surface area contributed by atoms with Crippen molar-refractivity contribution in [1.82, 2.24) is 4.90 Å². The van der Waals surface area contributed by atoms with Crippen molar-refractivity contribution in [2.75, 3.05) is 20.2 Å². The van der Waals surface area contributed by atoms with Crippen molar-refractivity contribution in [2.24, 2.45) is 4.99 Å². The van der Waals surface area contributed by atoms with E-state index in [0.29, 0.717) is 0 Å². The molecule has 0 aliphatic heterocycles. The molecule has 0 heterocycles. The molecule has 0 amide bonds. The predicted molar refractivity (Wildman–Crippen MR) is 137 cm³/mol. The highest BCUT2D eigenvalue weighted by Crippen LogP contribution is 2.36. The molecule has 0 bridgehead atoms. The molecular weight excluding hydrogens is 396 g/mol. The van der Waals surface area contributed by atoms with E-state index in [1.807, 2.05) is 25.5 Å². The van der Waals surface area contributed by atoms with Crippen LogP contribution in [-0.4, -0.2) is 31.4 Å². The lowest BCUT2D eigenvalue weighted by atomic mass is 9.89. The molecule has 2 aromatic carbocycles. The van der Waals surface area contributed by atoms with Crippen LogP contribution in [0.15, 0.2) is 53.5 Å². The van der Waals surface area contributed by atoms with Gasteiger partial charge < -0.3 is 14.4 Å². The van der Waals surface area contributed by atoms with E-state index in [4.69, 9.17) is 9.47 Å². The molecular formula is C28H40N2O2. The Morgan fingerprint density at radius 2 is 1.91 bits per heavy atom. The topological polar surface area (TPSA) is 34.1 Å². The summed E-state index contributed by atoms with van der Waals surface area (Å²) in [6.07, 6.45) is 4.80. The standard InChI is InChI=1S/C28H40N2O2/c1-9-11-15-31-28(7,19-21(3)4)24-13-12-14-25(18-24)32-27-17-22(5)26(16-23(27)6)29-20-30(8)10-2/h12-14,16-18,20H,3,9-11,15,19H2,1-2,4-8H3/b29-20-. The first-order chi connectivity index (χ1) is 15.2. The summed E-state index contributed by atoms with van der Waals surface area (Å²) in [6.45, 7) is 18.4. The zero-order valence-corrected chi connectivity index (χ0v) is 21.0. The van der Waals surface area contributed by atoms with E-state index in [0.717, 1.165) is 71.9 Å². The second kappa shape index (κ2) is 11.9. The number of unbranched alkanes of at least 4 members (excludes halogenated alkanes) is 1. The Morgan fingerprint density at radius 1 is 1.16 bits per heavy atom. The summed E-state index contributed by atoms with van der Waals surface area (Å²) in [5.41, 5.74) is 4.88. The van der Waals surface area contributed by atoms with Crippen molar-refractivity contribution in [3.63, 3.8) is 0 Å². The van der Waals surface area contributed by atoms with Crippen molar-refractivity contribution >= 4 is 12.0 Å². The van der Waals surface area contributed by atoms with Gasteiger partial charge in [-0.25, -0.2) is 4.99 Å². The number of rotatable bonds is 12. The van der Waals surface area contributed by atoms with Crippen molar-refractivity contribution < 1.29 is 9.47 Å². The summed E-state index contributed by atoms with van der Waals surface area (Å²) in [7, 11) is 2.02. The minimum absolute atomic E-state index is 0.421. The lowest BCUT2D eigenvalue weighted by Gasteiger charge is -2.31. The van der Waals surface area contributed by atoms with E-state index in [9.17, 15) is 0 Å². The molecule has 0 saturated heterocycles. The molecule has 0 aliphatic carbocycles.